The number of rotatable bonds is 2. The second kappa shape index (κ2) is 3.83. The highest BCUT2D eigenvalue weighted by Gasteiger charge is 2.21. The number of carboxylic acids is 1. The van der Waals surface area contributed by atoms with Gasteiger partial charge in [-0.15, -0.1) is 0 Å². The number of hydrogen-bond acceptors (Lipinski definition) is 3. The van der Waals surface area contributed by atoms with Crippen LogP contribution in [0, 0.1) is 5.82 Å². The number of carboxylic acid groups (broad SMARTS) is 1. The van der Waals surface area contributed by atoms with Crippen molar-refractivity contribution in [1.82, 2.24) is 0 Å². The Labute approximate surface area is 87.6 Å². The zero-order valence-corrected chi connectivity index (χ0v) is 8.76. The van der Waals surface area contributed by atoms with Gasteiger partial charge in [-0.25, -0.2) is 9.18 Å². The summed E-state index contributed by atoms with van der Waals surface area (Å²) in [6, 6.07) is 1.06. The SMILES string of the molecule is COc1c(Br)cc(F)c(N)c1C(=O)O. The molecule has 0 heterocycles. The van der Waals surface area contributed by atoms with Gasteiger partial charge in [0.2, 0.25) is 0 Å². The molecular formula is C8H7BrFNO3. The smallest absolute Gasteiger partial charge is 0.341 e. The number of nitrogens with two attached hydrogens (primary N) is 1. The molecule has 0 fully saturated rings. The molecule has 1 aromatic carbocycles. The molecule has 0 saturated carbocycles. The third-order valence-corrected chi connectivity index (χ3v) is 2.23. The van der Waals surface area contributed by atoms with E-state index in [0.29, 0.717) is 0 Å². The molecular weight excluding hydrogens is 257 g/mol. The number of nitrogen functional groups attached to an aromatic ring is 1. The maximum absolute atomic E-state index is 13.0. The van der Waals surface area contributed by atoms with Crippen LogP contribution >= 0.6 is 15.9 Å². The highest BCUT2D eigenvalue weighted by atomic mass is 79.9. The minimum absolute atomic E-state index is 0.0106. The van der Waals surface area contributed by atoms with Crippen LogP contribution in [0.2, 0.25) is 0 Å². The molecule has 1 rings (SSSR count). The average molecular weight is 264 g/mol. The maximum atomic E-state index is 13.0. The van der Waals surface area contributed by atoms with E-state index in [0.717, 1.165) is 6.07 Å². The Balaban J connectivity index is 3.56. The summed E-state index contributed by atoms with van der Waals surface area (Å²) in [4.78, 5) is 10.8. The van der Waals surface area contributed by atoms with Gasteiger partial charge in [-0.2, -0.15) is 0 Å². The molecule has 0 unspecified atom stereocenters. The first-order valence-electron chi connectivity index (χ1n) is 3.53. The zero-order chi connectivity index (χ0) is 10.9. The lowest BCUT2D eigenvalue weighted by Gasteiger charge is -2.10. The number of ether oxygens (including phenoxy) is 1. The van der Waals surface area contributed by atoms with Crippen molar-refractivity contribution in [2.75, 3.05) is 12.8 Å². The first-order valence-corrected chi connectivity index (χ1v) is 4.33. The van der Waals surface area contributed by atoms with Crippen LogP contribution in [0.1, 0.15) is 10.4 Å². The monoisotopic (exact) mass is 263 g/mol. The van der Waals surface area contributed by atoms with Crippen LogP contribution in [0.15, 0.2) is 10.5 Å². The quantitative estimate of drug-likeness (QED) is 0.800. The molecule has 0 atom stereocenters. The number of benzene rings is 1. The van der Waals surface area contributed by atoms with Gasteiger partial charge in [0.05, 0.1) is 17.3 Å². The highest BCUT2D eigenvalue weighted by molar-refractivity contribution is 9.10. The number of methoxy groups -OCH3 is 1. The third kappa shape index (κ3) is 1.65. The van der Waals surface area contributed by atoms with E-state index in [-0.39, 0.29) is 15.8 Å². The molecule has 0 aromatic heterocycles. The van der Waals surface area contributed by atoms with Crippen molar-refractivity contribution in [3.05, 3.63) is 21.9 Å². The molecule has 6 heteroatoms. The van der Waals surface area contributed by atoms with Gasteiger partial charge in [0.1, 0.15) is 17.1 Å². The topological polar surface area (TPSA) is 72.5 Å². The summed E-state index contributed by atoms with van der Waals surface area (Å²) < 4.78 is 18.1. The van der Waals surface area contributed by atoms with Crippen molar-refractivity contribution in [3.63, 3.8) is 0 Å². The Bertz CT molecular complexity index is 395. The lowest BCUT2D eigenvalue weighted by molar-refractivity contribution is 0.0694. The summed E-state index contributed by atoms with van der Waals surface area (Å²) >= 11 is 2.98. The van der Waals surface area contributed by atoms with Crippen LogP contribution in [0.5, 0.6) is 5.75 Å². The number of halogens is 2. The lowest BCUT2D eigenvalue weighted by Crippen LogP contribution is -2.07. The number of carbonyl (C=O) groups is 1. The van der Waals surface area contributed by atoms with E-state index in [1.165, 1.54) is 7.11 Å². The van der Waals surface area contributed by atoms with E-state index in [2.05, 4.69) is 15.9 Å². The molecule has 0 bridgehead atoms. The van der Waals surface area contributed by atoms with E-state index in [9.17, 15) is 9.18 Å². The van der Waals surface area contributed by atoms with Crippen LogP contribution in [0.4, 0.5) is 10.1 Å². The Kier molecular flexibility index (Phi) is 2.95. The summed E-state index contributed by atoms with van der Waals surface area (Å²) in [6.45, 7) is 0. The Hall–Kier alpha value is -1.30. The predicted molar refractivity (Wildman–Crippen MR) is 52.0 cm³/mol. The van der Waals surface area contributed by atoms with Gasteiger partial charge in [-0.1, -0.05) is 0 Å². The molecule has 4 nitrogen and oxygen atoms in total. The van der Waals surface area contributed by atoms with E-state index >= 15 is 0 Å². The van der Waals surface area contributed by atoms with E-state index < -0.39 is 17.5 Å². The fourth-order valence-electron chi connectivity index (χ4n) is 1.03. The molecule has 76 valence electrons. The van der Waals surface area contributed by atoms with E-state index in [1.807, 2.05) is 0 Å². The van der Waals surface area contributed by atoms with Crippen LogP contribution in [-0.4, -0.2) is 18.2 Å². The summed E-state index contributed by atoms with van der Waals surface area (Å²) in [5, 5.41) is 8.78. The Morgan fingerprint density at radius 1 is 1.71 bits per heavy atom. The van der Waals surface area contributed by atoms with Gasteiger partial charge in [0.15, 0.2) is 0 Å². The van der Waals surface area contributed by atoms with Crippen molar-refractivity contribution in [1.29, 1.82) is 0 Å². The minimum Gasteiger partial charge on any atom is -0.495 e. The first-order chi connectivity index (χ1) is 6.49. The molecule has 0 saturated heterocycles. The van der Waals surface area contributed by atoms with Crippen molar-refractivity contribution in [2.45, 2.75) is 0 Å². The largest absolute Gasteiger partial charge is 0.495 e. The standard InChI is InChI=1S/C8H7BrFNO3/c1-14-7-3(9)2-4(10)6(11)5(7)8(12)13/h2H,11H2,1H3,(H,12,13). The van der Waals surface area contributed by atoms with Gasteiger partial charge in [-0.05, 0) is 22.0 Å². The van der Waals surface area contributed by atoms with Crippen molar-refractivity contribution in [2.24, 2.45) is 0 Å². The molecule has 0 aliphatic heterocycles. The summed E-state index contributed by atoms with van der Waals surface area (Å²) in [7, 11) is 1.28. The fraction of sp³-hybridized carbons (Fsp3) is 0.125. The van der Waals surface area contributed by atoms with Gasteiger partial charge in [-0.3, -0.25) is 0 Å². The lowest BCUT2D eigenvalue weighted by atomic mass is 10.1. The predicted octanol–water partition coefficient (Wildman–Crippen LogP) is 1.88. The van der Waals surface area contributed by atoms with Gasteiger partial charge in [0.25, 0.3) is 0 Å². The molecule has 14 heavy (non-hydrogen) atoms. The summed E-state index contributed by atoms with van der Waals surface area (Å²) in [6.07, 6.45) is 0. The number of hydrogen-bond donors (Lipinski definition) is 2. The van der Waals surface area contributed by atoms with Gasteiger partial charge in [0, 0.05) is 0 Å². The van der Waals surface area contributed by atoms with E-state index in [4.69, 9.17) is 15.6 Å². The summed E-state index contributed by atoms with van der Waals surface area (Å²) in [5.41, 5.74) is 4.46. The maximum Gasteiger partial charge on any atom is 0.341 e. The average Bonchev–Trinajstić information content (AvgIpc) is 2.10. The second-order valence-electron chi connectivity index (χ2n) is 2.47. The van der Waals surface area contributed by atoms with Crippen molar-refractivity contribution < 1.29 is 19.0 Å². The number of anilines is 1. The van der Waals surface area contributed by atoms with Crippen LogP contribution in [0.25, 0.3) is 0 Å². The van der Waals surface area contributed by atoms with Crippen molar-refractivity contribution in [3.8, 4) is 5.75 Å². The number of aromatic carboxylic acids is 1. The zero-order valence-electron chi connectivity index (χ0n) is 7.17. The molecule has 3 N–H and O–H groups in total. The normalized spacial score (nSPS) is 9.93. The summed E-state index contributed by atoms with van der Waals surface area (Å²) in [5.74, 6) is -2.12. The molecule has 0 spiro atoms. The van der Waals surface area contributed by atoms with Crippen LogP contribution in [-0.2, 0) is 0 Å². The van der Waals surface area contributed by atoms with Crippen LogP contribution in [0.3, 0.4) is 0 Å². The fourth-order valence-corrected chi connectivity index (χ4v) is 1.59. The first kappa shape index (κ1) is 10.8. The van der Waals surface area contributed by atoms with Gasteiger partial charge < -0.3 is 15.6 Å². The molecule has 0 aliphatic rings. The van der Waals surface area contributed by atoms with Crippen LogP contribution < -0.4 is 10.5 Å². The molecule has 0 radical (unpaired) electrons. The van der Waals surface area contributed by atoms with E-state index in [1.54, 1.807) is 0 Å². The molecule has 0 amide bonds. The third-order valence-electron chi connectivity index (χ3n) is 1.64. The highest BCUT2D eigenvalue weighted by Crippen LogP contribution is 2.34. The van der Waals surface area contributed by atoms with Gasteiger partial charge >= 0.3 is 5.97 Å². The Morgan fingerprint density at radius 2 is 2.29 bits per heavy atom. The Morgan fingerprint density at radius 3 is 2.71 bits per heavy atom. The molecule has 0 aliphatic carbocycles. The minimum atomic E-state index is -1.33. The van der Waals surface area contributed by atoms with Crippen molar-refractivity contribution >= 4 is 27.6 Å². The molecule has 1 aromatic rings. The second-order valence-corrected chi connectivity index (χ2v) is 3.32.